The lowest BCUT2D eigenvalue weighted by molar-refractivity contribution is -0.0193. The first kappa shape index (κ1) is 17.3. The molecule has 0 aliphatic carbocycles. The second-order valence-electron chi connectivity index (χ2n) is 9.99. The fourth-order valence-electron chi connectivity index (χ4n) is 6.09. The molecule has 4 aliphatic rings. The Morgan fingerprint density at radius 2 is 1.67 bits per heavy atom. The van der Waals surface area contributed by atoms with Crippen LogP contribution in [-0.4, -0.2) is 95.1 Å². The fraction of sp³-hybridized carbons (Fsp3) is 1.00. The second-order valence-corrected chi connectivity index (χ2v) is 9.99. The van der Waals surface area contributed by atoms with Crippen LogP contribution < -0.4 is 0 Å². The van der Waals surface area contributed by atoms with Gasteiger partial charge in [0.15, 0.2) is 0 Å². The van der Waals surface area contributed by atoms with Gasteiger partial charge in [-0.1, -0.05) is 0 Å². The van der Waals surface area contributed by atoms with Crippen molar-refractivity contribution in [3.63, 3.8) is 0 Å². The molecule has 0 spiro atoms. The zero-order chi connectivity index (χ0) is 17.2. The zero-order valence-electron chi connectivity index (χ0n) is 16.7. The lowest BCUT2D eigenvalue weighted by Gasteiger charge is -2.51. The Bertz CT molecular complexity index is 476. The number of rotatable bonds is 5. The lowest BCUT2D eigenvalue weighted by Crippen LogP contribution is -2.64. The van der Waals surface area contributed by atoms with Crippen LogP contribution in [0.1, 0.15) is 47.5 Å². The van der Waals surface area contributed by atoms with Crippen molar-refractivity contribution < 1.29 is 0 Å². The molecule has 0 aromatic heterocycles. The summed E-state index contributed by atoms with van der Waals surface area (Å²) in [6.45, 7) is 18.7. The third kappa shape index (κ3) is 2.65. The van der Waals surface area contributed by atoms with E-state index in [1.807, 2.05) is 0 Å². The average Bonchev–Trinajstić information content (AvgIpc) is 2.88. The third-order valence-electron chi connectivity index (χ3n) is 7.77. The van der Waals surface area contributed by atoms with Gasteiger partial charge in [-0.2, -0.15) is 0 Å². The first-order chi connectivity index (χ1) is 11.3. The second kappa shape index (κ2) is 5.94. The molecule has 4 aliphatic heterocycles. The number of hydrogen-bond donors (Lipinski definition) is 0. The Kier molecular flexibility index (Phi) is 4.27. The highest BCUT2D eigenvalue weighted by Crippen LogP contribution is 2.40. The molecule has 0 amide bonds. The fourth-order valence-corrected chi connectivity index (χ4v) is 6.09. The Labute approximate surface area is 149 Å². The Balaban J connectivity index is 1.33. The Morgan fingerprint density at radius 1 is 0.917 bits per heavy atom. The molecule has 0 bridgehead atoms. The van der Waals surface area contributed by atoms with Crippen molar-refractivity contribution in [3.8, 4) is 0 Å². The predicted molar refractivity (Wildman–Crippen MR) is 100 cm³/mol. The van der Waals surface area contributed by atoms with E-state index in [1.54, 1.807) is 0 Å². The van der Waals surface area contributed by atoms with E-state index in [9.17, 15) is 0 Å². The van der Waals surface area contributed by atoms with Crippen molar-refractivity contribution >= 4 is 0 Å². The average molecular weight is 335 g/mol. The summed E-state index contributed by atoms with van der Waals surface area (Å²) < 4.78 is 0. The van der Waals surface area contributed by atoms with Gasteiger partial charge in [-0.05, 0) is 61.1 Å². The van der Waals surface area contributed by atoms with Crippen LogP contribution in [0.3, 0.4) is 0 Å². The van der Waals surface area contributed by atoms with E-state index in [0.29, 0.717) is 17.6 Å². The van der Waals surface area contributed by atoms with Crippen molar-refractivity contribution in [2.75, 3.05) is 39.8 Å². The highest BCUT2D eigenvalue weighted by Gasteiger charge is 2.51. The van der Waals surface area contributed by atoms with Crippen molar-refractivity contribution in [3.05, 3.63) is 0 Å². The van der Waals surface area contributed by atoms with Gasteiger partial charge in [0.05, 0.1) is 0 Å². The minimum absolute atomic E-state index is 0.328. The van der Waals surface area contributed by atoms with Gasteiger partial charge in [0.2, 0.25) is 0 Å². The lowest BCUT2D eigenvalue weighted by atomic mass is 9.88. The van der Waals surface area contributed by atoms with Crippen LogP contribution in [0.4, 0.5) is 0 Å². The summed E-state index contributed by atoms with van der Waals surface area (Å²) in [7, 11) is 2.30. The maximum atomic E-state index is 2.80. The number of nitrogens with zero attached hydrogens (tertiary/aromatic N) is 4. The molecule has 4 heteroatoms. The molecule has 5 unspecified atom stereocenters. The van der Waals surface area contributed by atoms with Gasteiger partial charge in [0.25, 0.3) is 0 Å². The molecule has 4 nitrogen and oxygen atoms in total. The normalized spacial score (nSPS) is 39.6. The molecule has 5 atom stereocenters. The minimum Gasteiger partial charge on any atom is -0.301 e. The largest absolute Gasteiger partial charge is 0.301 e. The monoisotopic (exact) mass is 334 g/mol. The molecular weight excluding hydrogens is 296 g/mol. The van der Waals surface area contributed by atoms with Gasteiger partial charge in [0.1, 0.15) is 0 Å². The predicted octanol–water partition coefficient (Wildman–Crippen LogP) is 1.96. The van der Waals surface area contributed by atoms with Crippen molar-refractivity contribution in [1.82, 2.24) is 19.6 Å². The van der Waals surface area contributed by atoms with Crippen LogP contribution in [0.2, 0.25) is 0 Å². The molecule has 24 heavy (non-hydrogen) atoms. The zero-order valence-corrected chi connectivity index (χ0v) is 16.7. The van der Waals surface area contributed by atoms with E-state index in [2.05, 4.69) is 61.3 Å². The van der Waals surface area contributed by atoms with E-state index in [0.717, 1.165) is 24.0 Å². The van der Waals surface area contributed by atoms with Crippen molar-refractivity contribution in [2.24, 2.45) is 5.92 Å². The first-order valence-corrected chi connectivity index (χ1v) is 10.2. The number of fused-ring (bicyclic) bond motifs is 2. The number of hydrogen-bond acceptors (Lipinski definition) is 4. The van der Waals surface area contributed by atoms with Gasteiger partial charge >= 0.3 is 0 Å². The minimum atomic E-state index is 0.328. The third-order valence-corrected chi connectivity index (χ3v) is 7.77. The molecule has 138 valence electrons. The summed E-state index contributed by atoms with van der Waals surface area (Å²) >= 11 is 0. The van der Waals surface area contributed by atoms with Gasteiger partial charge in [-0.3, -0.25) is 14.7 Å². The smallest absolute Gasteiger partial charge is 0.0376 e. The van der Waals surface area contributed by atoms with Gasteiger partial charge < -0.3 is 4.90 Å². The van der Waals surface area contributed by atoms with E-state index in [-0.39, 0.29) is 0 Å². The van der Waals surface area contributed by atoms with E-state index in [1.165, 1.54) is 45.6 Å². The summed E-state index contributed by atoms with van der Waals surface area (Å²) in [6.07, 6.45) is 2.68. The molecule has 0 N–H and O–H groups in total. The van der Waals surface area contributed by atoms with Crippen molar-refractivity contribution in [2.45, 2.75) is 83.2 Å². The highest BCUT2D eigenvalue weighted by molar-refractivity contribution is 5.07. The maximum absolute atomic E-state index is 2.80. The van der Waals surface area contributed by atoms with Crippen LogP contribution in [-0.2, 0) is 0 Å². The summed E-state index contributed by atoms with van der Waals surface area (Å²) in [6, 6.07) is 3.94. The number of likely N-dealkylation sites (N-methyl/N-ethyl adjacent to an activating group) is 1. The van der Waals surface area contributed by atoms with E-state index in [4.69, 9.17) is 0 Å². The number of likely N-dealkylation sites (tertiary alicyclic amines) is 4. The van der Waals surface area contributed by atoms with Crippen LogP contribution >= 0.6 is 0 Å². The molecular formula is C20H38N4. The molecule has 0 radical (unpaired) electrons. The quantitative estimate of drug-likeness (QED) is 0.762. The Hall–Kier alpha value is -0.160. The van der Waals surface area contributed by atoms with Crippen LogP contribution in [0, 0.1) is 5.92 Å². The summed E-state index contributed by atoms with van der Waals surface area (Å²) in [5.74, 6) is 0.929. The van der Waals surface area contributed by atoms with Gasteiger partial charge in [-0.25, -0.2) is 0 Å². The van der Waals surface area contributed by atoms with E-state index >= 15 is 0 Å². The highest BCUT2D eigenvalue weighted by atomic mass is 15.4. The SMILES string of the molecule is CC(C)N1CC2CN(C(C)(C)CC(C)N3CC4C3CCN4C)CC21. The van der Waals surface area contributed by atoms with Crippen LogP contribution in [0.15, 0.2) is 0 Å². The van der Waals surface area contributed by atoms with Gasteiger partial charge in [0, 0.05) is 67.8 Å². The molecule has 4 saturated heterocycles. The molecule has 4 heterocycles. The Morgan fingerprint density at radius 3 is 2.33 bits per heavy atom. The molecule has 4 fully saturated rings. The standard InChI is InChI=1S/C20H38N4/c1-14(2)23-11-16-10-22(12-18(16)23)20(4,5)9-15(3)24-13-19-17(24)7-8-21(19)6/h14-19H,7-13H2,1-6H3. The van der Waals surface area contributed by atoms with Crippen LogP contribution in [0.5, 0.6) is 0 Å². The van der Waals surface area contributed by atoms with Gasteiger partial charge in [-0.15, -0.1) is 0 Å². The topological polar surface area (TPSA) is 13.0 Å². The van der Waals surface area contributed by atoms with Crippen LogP contribution in [0.25, 0.3) is 0 Å². The summed E-state index contributed by atoms with van der Waals surface area (Å²) in [5, 5.41) is 0. The molecule has 0 saturated carbocycles. The first-order valence-electron chi connectivity index (χ1n) is 10.2. The van der Waals surface area contributed by atoms with E-state index < -0.39 is 0 Å². The molecule has 4 rings (SSSR count). The van der Waals surface area contributed by atoms with Crippen molar-refractivity contribution in [1.29, 1.82) is 0 Å². The summed E-state index contributed by atoms with van der Waals surface area (Å²) in [5.41, 5.74) is 0.328. The molecule has 0 aromatic rings. The molecule has 0 aromatic carbocycles. The maximum Gasteiger partial charge on any atom is 0.0376 e. The summed E-state index contributed by atoms with van der Waals surface area (Å²) in [4.78, 5) is 10.9.